The van der Waals surface area contributed by atoms with Gasteiger partial charge in [-0.2, -0.15) is 0 Å². The van der Waals surface area contributed by atoms with Crippen molar-refractivity contribution in [3.05, 3.63) is 82.1 Å². The lowest BCUT2D eigenvalue weighted by molar-refractivity contribution is -0.131. The molecule has 2 amide bonds. The minimum absolute atomic E-state index is 0.0234. The maximum atomic E-state index is 14.7. The zero-order chi connectivity index (χ0) is 32.0. The van der Waals surface area contributed by atoms with E-state index in [1.807, 2.05) is 51.1 Å². The fraction of sp³-hybridized carbons (Fsp3) is 0.371. The first-order valence-electron chi connectivity index (χ1n) is 14.8. The number of ether oxygens (including phenoxy) is 2. The van der Waals surface area contributed by atoms with E-state index < -0.39 is 29.5 Å². The van der Waals surface area contributed by atoms with Crippen LogP contribution in [-0.2, 0) is 16.0 Å². The summed E-state index contributed by atoms with van der Waals surface area (Å²) in [7, 11) is 0. The van der Waals surface area contributed by atoms with Crippen molar-refractivity contribution < 1.29 is 23.5 Å². The van der Waals surface area contributed by atoms with Crippen LogP contribution in [0.3, 0.4) is 0 Å². The molecule has 1 heterocycles. The van der Waals surface area contributed by atoms with Gasteiger partial charge in [-0.3, -0.25) is 14.5 Å². The van der Waals surface area contributed by atoms with Crippen LogP contribution in [0.25, 0.3) is 0 Å². The molecule has 4 rings (SSSR count). The zero-order valence-corrected chi connectivity index (χ0v) is 27.4. The molecule has 0 fully saturated rings. The lowest BCUT2D eigenvalue weighted by Crippen LogP contribution is -2.52. The number of hydrogen-bond acceptors (Lipinski definition) is 5. The van der Waals surface area contributed by atoms with E-state index in [1.54, 1.807) is 12.1 Å². The predicted molar refractivity (Wildman–Crippen MR) is 176 cm³/mol. The van der Waals surface area contributed by atoms with Crippen molar-refractivity contribution in [3.8, 4) is 23.8 Å². The number of aryl methyl sites for hydroxylation is 1. The van der Waals surface area contributed by atoms with Crippen molar-refractivity contribution in [1.29, 1.82) is 0 Å². The summed E-state index contributed by atoms with van der Waals surface area (Å²) >= 11 is 3.61. The molecule has 3 aromatic rings. The van der Waals surface area contributed by atoms with Crippen LogP contribution in [0.4, 0.5) is 15.8 Å². The van der Waals surface area contributed by atoms with Gasteiger partial charge >= 0.3 is 0 Å². The van der Waals surface area contributed by atoms with Crippen LogP contribution in [0, 0.1) is 18.2 Å². The lowest BCUT2D eigenvalue weighted by Gasteiger charge is -2.37. The molecular weight excluding hydrogens is 625 g/mol. The highest BCUT2D eigenvalue weighted by Crippen LogP contribution is 2.40. The molecule has 0 saturated heterocycles. The first kappa shape index (κ1) is 32.9. The molecule has 232 valence electrons. The van der Waals surface area contributed by atoms with Crippen molar-refractivity contribution in [2.75, 3.05) is 29.5 Å². The molecule has 1 aliphatic rings. The second-order valence-corrected chi connectivity index (χ2v) is 12.4. The average Bonchev–Trinajstić information content (AvgIpc) is 2.98. The van der Waals surface area contributed by atoms with E-state index in [9.17, 15) is 14.0 Å². The zero-order valence-electron chi connectivity index (χ0n) is 25.8. The molecule has 44 heavy (non-hydrogen) atoms. The number of nitrogens with zero attached hydrogens (tertiary/aromatic N) is 2. The van der Waals surface area contributed by atoms with Crippen LogP contribution >= 0.6 is 15.9 Å². The Kier molecular flexibility index (Phi) is 10.6. The SMILES string of the molecule is C#CCOc1cc(N(CC)CC)ccc1C(C(=O)NC(C)(C)C)N(C(=O)C1CCc2cc(F)ccc2O1)c1ccccc1Br. The number of fused-ring (bicyclic) bond motifs is 1. The van der Waals surface area contributed by atoms with Crippen LogP contribution in [0.2, 0.25) is 0 Å². The van der Waals surface area contributed by atoms with Crippen molar-refractivity contribution >= 4 is 39.1 Å². The minimum Gasteiger partial charge on any atom is -0.480 e. The molecule has 0 spiro atoms. The Labute approximate surface area is 267 Å². The van der Waals surface area contributed by atoms with Crippen LogP contribution in [0.1, 0.15) is 58.2 Å². The maximum absolute atomic E-state index is 14.7. The number of para-hydroxylation sites is 1. The Bertz CT molecular complexity index is 1540. The Morgan fingerprint density at radius 2 is 1.86 bits per heavy atom. The first-order chi connectivity index (χ1) is 21.0. The van der Waals surface area contributed by atoms with Gasteiger partial charge in [0.1, 0.15) is 30.0 Å². The van der Waals surface area contributed by atoms with Crippen molar-refractivity contribution in [1.82, 2.24) is 5.32 Å². The summed E-state index contributed by atoms with van der Waals surface area (Å²) in [6, 6.07) is 16.0. The third-order valence-corrected chi connectivity index (χ3v) is 8.00. The van der Waals surface area contributed by atoms with E-state index in [4.69, 9.17) is 15.9 Å². The van der Waals surface area contributed by atoms with Gasteiger partial charge in [0.25, 0.3) is 5.91 Å². The molecule has 9 heteroatoms. The van der Waals surface area contributed by atoms with Crippen LogP contribution < -0.4 is 24.6 Å². The number of nitrogens with one attached hydrogen (secondary N) is 1. The largest absolute Gasteiger partial charge is 0.480 e. The van der Waals surface area contributed by atoms with Gasteiger partial charge in [-0.15, -0.1) is 6.42 Å². The molecule has 1 aliphatic heterocycles. The van der Waals surface area contributed by atoms with Gasteiger partial charge in [0.05, 0.1) is 5.69 Å². The Balaban J connectivity index is 1.91. The first-order valence-corrected chi connectivity index (χ1v) is 15.6. The number of amides is 2. The van der Waals surface area contributed by atoms with E-state index in [-0.39, 0.29) is 12.4 Å². The van der Waals surface area contributed by atoms with Gasteiger partial charge in [0, 0.05) is 40.4 Å². The van der Waals surface area contributed by atoms with Gasteiger partial charge in [-0.05, 0) is 105 Å². The Hall–Kier alpha value is -4.03. The summed E-state index contributed by atoms with van der Waals surface area (Å²) < 4.78 is 26.8. The van der Waals surface area contributed by atoms with Gasteiger partial charge in [0.15, 0.2) is 6.10 Å². The van der Waals surface area contributed by atoms with Crippen LogP contribution in [0.15, 0.2) is 65.1 Å². The highest BCUT2D eigenvalue weighted by molar-refractivity contribution is 9.10. The molecular formula is C35H39BrFN3O4. The summed E-state index contributed by atoms with van der Waals surface area (Å²) in [6.07, 6.45) is 5.42. The number of benzene rings is 3. The smallest absolute Gasteiger partial charge is 0.269 e. The monoisotopic (exact) mass is 663 g/mol. The van der Waals surface area contributed by atoms with Crippen LogP contribution in [-0.4, -0.2) is 43.2 Å². The molecule has 2 atom stereocenters. The highest BCUT2D eigenvalue weighted by Gasteiger charge is 2.41. The fourth-order valence-corrected chi connectivity index (χ4v) is 5.81. The number of anilines is 2. The number of hydrogen-bond donors (Lipinski definition) is 1. The summed E-state index contributed by atoms with van der Waals surface area (Å²) in [5.74, 6) is 2.17. The number of terminal acetylenes is 1. The van der Waals surface area contributed by atoms with Crippen molar-refractivity contribution in [2.24, 2.45) is 0 Å². The lowest BCUT2D eigenvalue weighted by atomic mass is 9.96. The second-order valence-electron chi connectivity index (χ2n) is 11.6. The van der Waals surface area contributed by atoms with Crippen molar-refractivity contribution in [3.63, 3.8) is 0 Å². The van der Waals surface area contributed by atoms with Gasteiger partial charge < -0.3 is 19.7 Å². The van der Waals surface area contributed by atoms with Gasteiger partial charge in [-0.25, -0.2) is 4.39 Å². The number of carbonyl (C=O) groups excluding carboxylic acids is 2. The summed E-state index contributed by atoms with van der Waals surface area (Å²) in [5.41, 5.74) is 1.94. The van der Waals surface area contributed by atoms with E-state index in [2.05, 4.69) is 45.9 Å². The quantitative estimate of drug-likeness (QED) is 0.241. The molecule has 0 aliphatic carbocycles. The molecule has 7 nitrogen and oxygen atoms in total. The Morgan fingerprint density at radius 3 is 2.52 bits per heavy atom. The number of rotatable bonds is 10. The average molecular weight is 665 g/mol. The fourth-order valence-electron chi connectivity index (χ4n) is 5.33. The third-order valence-electron chi connectivity index (χ3n) is 7.33. The van der Waals surface area contributed by atoms with Gasteiger partial charge in [0.2, 0.25) is 5.91 Å². The molecule has 0 saturated carbocycles. The molecule has 3 aromatic carbocycles. The van der Waals surface area contributed by atoms with E-state index in [1.165, 1.54) is 23.1 Å². The predicted octanol–water partition coefficient (Wildman–Crippen LogP) is 6.83. The number of carbonyl (C=O) groups is 2. The molecule has 1 N–H and O–H groups in total. The normalized spacial score (nSPS) is 14.8. The summed E-state index contributed by atoms with van der Waals surface area (Å²) in [5, 5.41) is 3.07. The minimum atomic E-state index is -1.16. The summed E-state index contributed by atoms with van der Waals surface area (Å²) in [4.78, 5) is 32.6. The highest BCUT2D eigenvalue weighted by atomic mass is 79.9. The molecule has 0 bridgehead atoms. The topological polar surface area (TPSA) is 71.1 Å². The maximum Gasteiger partial charge on any atom is 0.269 e. The second kappa shape index (κ2) is 14.2. The van der Waals surface area contributed by atoms with Gasteiger partial charge in [-0.1, -0.05) is 24.1 Å². The molecule has 0 radical (unpaired) electrons. The van der Waals surface area contributed by atoms with E-state index >= 15 is 0 Å². The third kappa shape index (κ3) is 7.54. The molecule has 0 aromatic heterocycles. The number of halogens is 2. The van der Waals surface area contributed by atoms with Crippen LogP contribution in [0.5, 0.6) is 11.5 Å². The summed E-state index contributed by atoms with van der Waals surface area (Å²) in [6.45, 7) is 11.3. The van der Waals surface area contributed by atoms with E-state index in [0.29, 0.717) is 45.6 Å². The standard InChI is InChI=1S/C35H39BrFN3O4/c1-7-20-43-31-22-25(39(8-2)9-3)16-17-26(31)32(33(41)38-35(4,5)6)40(28-13-11-10-12-27(28)36)34(42)30-18-14-23-21-24(37)15-19-29(23)44-30/h1,10-13,15-17,19,21-22,30,32H,8-9,14,18,20H2,2-6H3,(H,38,41). The Morgan fingerprint density at radius 1 is 1.14 bits per heavy atom. The molecule has 2 unspecified atom stereocenters. The van der Waals surface area contributed by atoms with E-state index in [0.717, 1.165) is 18.8 Å². The van der Waals surface area contributed by atoms with Crippen molar-refractivity contribution in [2.45, 2.75) is 65.1 Å².